The average molecular weight is 263 g/mol. The standard InChI is InChI=1S/C18H17NO/c1-2-14-6-5-8-17(12-14)20-13-16-11-10-15-7-3-4-9-18(15)19-16/h3-12H,2,13H2,1H3. The molecule has 0 radical (unpaired) electrons. The molecule has 3 rings (SSSR count). The minimum Gasteiger partial charge on any atom is -0.487 e. The summed E-state index contributed by atoms with van der Waals surface area (Å²) in [6.07, 6.45) is 1.02. The van der Waals surface area contributed by atoms with E-state index in [-0.39, 0.29) is 0 Å². The zero-order valence-corrected chi connectivity index (χ0v) is 11.5. The first-order valence-corrected chi connectivity index (χ1v) is 6.91. The Balaban J connectivity index is 1.76. The van der Waals surface area contributed by atoms with Gasteiger partial charge in [0.2, 0.25) is 0 Å². The Morgan fingerprint density at radius 2 is 1.85 bits per heavy atom. The molecule has 0 spiro atoms. The van der Waals surface area contributed by atoms with Gasteiger partial charge in [0.25, 0.3) is 0 Å². The molecule has 1 heterocycles. The molecule has 20 heavy (non-hydrogen) atoms. The summed E-state index contributed by atoms with van der Waals surface area (Å²) in [5, 5.41) is 1.16. The van der Waals surface area contributed by atoms with Crippen LogP contribution in [0, 0.1) is 0 Å². The second-order valence-electron chi connectivity index (χ2n) is 4.78. The third-order valence-corrected chi connectivity index (χ3v) is 3.35. The van der Waals surface area contributed by atoms with Gasteiger partial charge in [-0.05, 0) is 36.2 Å². The minimum absolute atomic E-state index is 0.498. The molecule has 1 aromatic heterocycles. The number of aryl methyl sites for hydroxylation is 1. The molecule has 0 N–H and O–H groups in total. The number of hydrogen-bond donors (Lipinski definition) is 0. The lowest BCUT2D eigenvalue weighted by atomic mass is 10.2. The SMILES string of the molecule is CCc1cccc(OCc2ccc3ccccc3n2)c1. The van der Waals surface area contributed by atoms with Crippen LogP contribution in [0.4, 0.5) is 0 Å². The molecule has 100 valence electrons. The van der Waals surface area contributed by atoms with Gasteiger partial charge in [-0.15, -0.1) is 0 Å². The summed E-state index contributed by atoms with van der Waals surface area (Å²) >= 11 is 0. The number of benzene rings is 2. The number of aromatic nitrogens is 1. The summed E-state index contributed by atoms with van der Waals surface area (Å²) in [5.41, 5.74) is 3.25. The Morgan fingerprint density at radius 3 is 2.75 bits per heavy atom. The first-order valence-electron chi connectivity index (χ1n) is 6.91. The van der Waals surface area contributed by atoms with Crippen molar-refractivity contribution in [2.45, 2.75) is 20.0 Å². The van der Waals surface area contributed by atoms with E-state index in [0.717, 1.165) is 28.8 Å². The van der Waals surface area contributed by atoms with Crippen molar-refractivity contribution >= 4 is 10.9 Å². The highest BCUT2D eigenvalue weighted by molar-refractivity contribution is 5.78. The lowest BCUT2D eigenvalue weighted by Gasteiger charge is -2.07. The molecule has 0 bridgehead atoms. The van der Waals surface area contributed by atoms with Gasteiger partial charge >= 0.3 is 0 Å². The van der Waals surface area contributed by atoms with Crippen molar-refractivity contribution in [1.82, 2.24) is 4.98 Å². The lowest BCUT2D eigenvalue weighted by molar-refractivity contribution is 0.301. The Hall–Kier alpha value is -2.35. The fourth-order valence-corrected chi connectivity index (χ4v) is 2.20. The molecule has 0 amide bonds. The first kappa shape index (κ1) is 12.7. The number of fused-ring (bicyclic) bond motifs is 1. The molecule has 2 aromatic carbocycles. The second-order valence-corrected chi connectivity index (χ2v) is 4.78. The van der Waals surface area contributed by atoms with Crippen LogP contribution in [0.1, 0.15) is 18.2 Å². The topological polar surface area (TPSA) is 22.1 Å². The van der Waals surface area contributed by atoms with Crippen molar-refractivity contribution in [3.63, 3.8) is 0 Å². The minimum atomic E-state index is 0.498. The third kappa shape index (κ3) is 2.80. The van der Waals surface area contributed by atoms with Crippen LogP contribution < -0.4 is 4.74 Å². The van der Waals surface area contributed by atoms with Crippen molar-refractivity contribution in [2.24, 2.45) is 0 Å². The number of hydrogen-bond acceptors (Lipinski definition) is 2. The van der Waals surface area contributed by atoms with Gasteiger partial charge in [0.05, 0.1) is 11.2 Å². The number of nitrogens with zero attached hydrogens (tertiary/aromatic N) is 1. The van der Waals surface area contributed by atoms with Crippen LogP contribution in [0.5, 0.6) is 5.75 Å². The molecule has 3 aromatic rings. The molecule has 0 saturated carbocycles. The molecule has 0 aliphatic heterocycles. The van der Waals surface area contributed by atoms with E-state index in [0.29, 0.717) is 6.61 Å². The summed E-state index contributed by atoms with van der Waals surface area (Å²) in [7, 11) is 0. The number of pyridine rings is 1. The van der Waals surface area contributed by atoms with Gasteiger partial charge in [-0.25, -0.2) is 4.98 Å². The van der Waals surface area contributed by atoms with Gasteiger partial charge in [0.15, 0.2) is 0 Å². The molecule has 0 unspecified atom stereocenters. The van der Waals surface area contributed by atoms with Gasteiger partial charge in [-0.2, -0.15) is 0 Å². The fourth-order valence-electron chi connectivity index (χ4n) is 2.20. The van der Waals surface area contributed by atoms with Gasteiger partial charge < -0.3 is 4.74 Å². The number of para-hydroxylation sites is 1. The van der Waals surface area contributed by atoms with Crippen molar-refractivity contribution in [1.29, 1.82) is 0 Å². The van der Waals surface area contributed by atoms with E-state index in [4.69, 9.17) is 4.74 Å². The molecular weight excluding hydrogens is 246 g/mol. The zero-order valence-electron chi connectivity index (χ0n) is 11.5. The van der Waals surface area contributed by atoms with E-state index >= 15 is 0 Å². The van der Waals surface area contributed by atoms with Crippen LogP contribution in [0.25, 0.3) is 10.9 Å². The molecule has 2 heteroatoms. The highest BCUT2D eigenvalue weighted by Crippen LogP contribution is 2.16. The summed E-state index contributed by atoms with van der Waals surface area (Å²) in [6.45, 7) is 2.64. The normalized spacial score (nSPS) is 10.7. The Morgan fingerprint density at radius 1 is 0.950 bits per heavy atom. The zero-order chi connectivity index (χ0) is 13.8. The smallest absolute Gasteiger partial charge is 0.130 e. The predicted molar refractivity (Wildman–Crippen MR) is 81.9 cm³/mol. The van der Waals surface area contributed by atoms with Crippen molar-refractivity contribution in [2.75, 3.05) is 0 Å². The van der Waals surface area contributed by atoms with E-state index in [9.17, 15) is 0 Å². The average Bonchev–Trinajstić information content (AvgIpc) is 2.53. The molecule has 2 nitrogen and oxygen atoms in total. The maximum atomic E-state index is 5.82. The van der Waals surface area contributed by atoms with Gasteiger partial charge in [-0.1, -0.05) is 43.3 Å². The van der Waals surface area contributed by atoms with Crippen LogP contribution in [0.3, 0.4) is 0 Å². The Labute approximate surface area is 119 Å². The molecule has 0 aliphatic carbocycles. The van der Waals surface area contributed by atoms with E-state index in [1.165, 1.54) is 5.56 Å². The Kier molecular flexibility index (Phi) is 3.64. The third-order valence-electron chi connectivity index (χ3n) is 3.35. The van der Waals surface area contributed by atoms with Crippen molar-refractivity contribution in [3.05, 3.63) is 71.9 Å². The van der Waals surface area contributed by atoms with Crippen molar-refractivity contribution < 1.29 is 4.74 Å². The largest absolute Gasteiger partial charge is 0.487 e. The highest BCUT2D eigenvalue weighted by Gasteiger charge is 2.00. The summed E-state index contributed by atoms with van der Waals surface area (Å²) in [6, 6.07) is 20.4. The Bertz CT molecular complexity index is 721. The number of ether oxygens (including phenoxy) is 1. The van der Waals surface area contributed by atoms with E-state index < -0.39 is 0 Å². The monoisotopic (exact) mass is 263 g/mol. The lowest BCUT2D eigenvalue weighted by Crippen LogP contribution is -1.98. The van der Waals surface area contributed by atoms with E-state index in [1.807, 2.05) is 36.4 Å². The fraction of sp³-hybridized carbons (Fsp3) is 0.167. The molecule has 0 fully saturated rings. The highest BCUT2D eigenvalue weighted by atomic mass is 16.5. The molecular formula is C18H17NO. The summed E-state index contributed by atoms with van der Waals surface area (Å²) < 4.78 is 5.82. The molecule has 0 saturated heterocycles. The molecule has 0 aliphatic rings. The number of rotatable bonds is 4. The van der Waals surface area contributed by atoms with Crippen molar-refractivity contribution in [3.8, 4) is 5.75 Å². The van der Waals surface area contributed by atoms with E-state index in [2.05, 4.69) is 36.2 Å². The molecule has 0 atom stereocenters. The predicted octanol–water partition coefficient (Wildman–Crippen LogP) is 4.38. The van der Waals surface area contributed by atoms with Crippen LogP contribution in [-0.2, 0) is 13.0 Å². The quantitative estimate of drug-likeness (QED) is 0.697. The maximum absolute atomic E-state index is 5.82. The second kappa shape index (κ2) is 5.74. The van der Waals surface area contributed by atoms with Gasteiger partial charge in [0, 0.05) is 5.39 Å². The summed E-state index contributed by atoms with van der Waals surface area (Å²) in [5.74, 6) is 0.902. The van der Waals surface area contributed by atoms with E-state index in [1.54, 1.807) is 0 Å². The van der Waals surface area contributed by atoms with Crippen LogP contribution in [0.15, 0.2) is 60.7 Å². The van der Waals surface area contributed by atoms with Crippen LogP contribution in [0.2, 0.25) is 0 Å². The summed E-state index contributed by atoms with van der Waals surface area (Å²) in [4.78, 5) is 4.61. The van der Waals surface area contributed by atoms with Crippen LogP contribution in [-0.4, -0.2) is 4.98 Å². The van der Waals surface area contributed by atoms with Gasteiger partial charge in [-0.3, -0.25) is 0 Å². The maximum Gasteiger partial charge on any atom is 0.130 e. The van der Waals surface area contributed by atoms with Crippen LogP contribution >= 0.6 is 0 Å². The first-order chi connectivity index (χ1) is 9.85. The van der Waals surface area contributed by atoms with Gasteiger partial charge in [0.1, 0.15) is 12.4 Å².